The zero-order valence-electron chi connectivity index (χ0n) is 9.36. The van der Waals surface area contributed by atoms with Crippen LogP contribution in [0.1, 0.15) is 25.8 Å². The number of piperidine rings is 1. The summed E-state index contributed by atoms with van der Waals surface area (Å²) >= 11 is 0. The Morgan fingerprint density at radius 3 is 2.25 bits per heavy atom. The van der Waals surface area contributed by atoms with Crippen LogP contribution in [0, 0.1) is 11.8 Å². The van der Waals surface area contributed by atoms with Crippen LogP contribution in [0.2, 0.25) is 0 Å². The molecule has 1 heteroatoms. The molecule has 1 rings (SSSR count). The van der Waals surface area contributed by atoms with Gasteiger partial charge in [0.2, 0.25) is 0 Å². The topological polar surface area (TPSA) is 12.0 Å². The lowest BCUT2D eigenvalue weighted by Crippen LogP contribution is -2.33. The summed E-state index contributed by atoms with van der Waals surface area (Å²) in [7, 11) is 0. The Kier molecular flexibility index (Phi) is 0.840. The van der Waals surface area contributed by atoms with Crippen molar-refractivity contribution in [3.05, 3.63) is 0 Å². The maximum Gasteiger partial charge on any atom is 0.0431 e. The lowest BCUT2D eigenvalue weighted by molar-refractivity contribution is 0.321. The second-order valence-electron chi connectivity index (χ2n) is 2.45. The molecule has 0 aromatic rings. The molecule has 1 nitrogen and oxygen atoms in total. The highest BCUT2D eigenvalue weighted by atomic mass is 14.9. The highest BCUT2D eigenvalue weighted by molar-refractivity contribution is 4.69. The van der Waals surface area contributed by atoms with Crippen molar-refractivity contribution in [2.75, 3.05) is 13.0 Å². The van der Waals surface area contributed by atoms with Crippen molar-refractivity contribution in [1.82, 2.24) is 5.32 Å². The quantitative estimate of drug-likeness (QED) is 0.503. The van der Waals surface area contributed by atoms with E-state index in [9.17, 15) is 0 Å². The minimum Gasteiger partial charge on any atom is -0.316 e. The van der Waals surface area contributed by atoms with Gasteiger partial charge in [0.1, 0.15) is 0 Å². The van der Waals surface area contributed by atoms with Crippen LogP contribution in [-0.2, 0) is 0 Å². The monoisotopic (exact) mass is 117 g/mol. The molecule has 0 unspecified atom stereocenters. The van der Waals surface area contributed by atoms with Crippen molar-refractivity contribution >= 4 is 0 Å². The Labute approximate surface area is 57.1 Å². The van der Waals surface area contributed by atoms with Crippen molar-refractivity contribution < 1.29 is 5.48 Å². The smallest absolute Gasteiger partial charge is 0.0431 e. The van der Waals surface area contributed by atoms with E-state index in [0.29, 0.717) is 6.42 Å². The average Bonchev–Trinajstić information content (AvgIpc) is 1.82. The molecule has 0 amide bonds. The average molecular weight is 117 g/mol. The number of rotatable bonds is 0. The molecular weight excluding hydrogens is 98.1 g/mol. The molecule has 1 aliphatic rings. The fraction of sp³-hybridized carbons (Fsp3) is 1.00. The molecule has 0 spiro atoms. The summed E-state index contributed by atoms with van der Waals surface area (Å²) in [4.78, 5) is 0. The second-order valence-corrected chi connectivity index (χ2v) is 2.45. The van der Waals surface area contributed by atoms with Crippen LogP contribution < -0.4 is 5.32 Å². The number of nitrogens with one attached hydrogen (secondary N) is 1. The minimum absolute atomic E-state index is 0.128. The van der Waals surface area contributed by atoms with Crippen molar-refractivity contribution in [1.29, 1.82) is 0 Å². The molecule has 1 fully saturated rings. The van der Waals surface area contributed by atoms with Crippen LogP contribution in [0.25, 0.3) is 0 Å². The van der Waals surface area contributed by atoms with Crippen LogP contribution in [0.15, 0.2) is 0 Å². The minimum atomic E-state index is -1.57. The molecule has 0 aromatic carbocycles. The van der Waals surface area contributed by atoms with Crippen molar-refractivity contribution in [3.63, 3.8) is 0 Å². The van der Waals surface area contributed by atoms with E-state index in [2.05, 4.69) is 5.32 Å². The van der Waals surface area contributed by atoms with Gasteiger partial charge in [0.05, 0.1) is 0 Å². The van der Waals surface area contributed by atoms with Gasteiger partial charge in [-0.3, -0.25) is 0 Å². The Hall–Kier alpha value is -0.0400. The van der Waals surface area contributed by atoms with Gasteiger partial charge in [-0.2, -0.15) is 0 Å². The van der Waals surface area contributed by atoms with E-state index in [1.807, 2.05) is 0 Å². The van der Waals surface area contributed by atoms with Gasteiger partial charge in [-0.25, -0.2) is 0 Å². The third-order valence-electron chi connectivity index (χ3n) is 1.34. The third kappa shape index (κ3) is 1.48. The summed E-state index contributed by atoms with van der Waals surface area (Å²) in [6.45, 7) is 0.462. The van der Waals surface area contributed by atoms with E-state index in [4.69, 9.17) is 5.48 Å². The Morgan fingerprint density at radius 2 is 1.88 bits per heavy atom. The second kappa shape index (κ2) is 2.49. The summed E-state index contributed by atoms with van der Waals surface area (Å²) < 4.78 is 30.0. The van der Waals surface area contributed by atoms with Crippen LogP contribution in [0.4, 0.5) is 0 Å². The summed E-state index contributed by atoms with van der Waals surface area (Å²) in [5, 5.41) is 2.40. The van der Waals surface area contributed by atoms with Crippen LogP contribution >= 0.6 is 0 Å². The number of hydrogen-bond donors (Lipinski definition) is 1. The molecule has 0 aromatic heterocycles. The van der Waals surface area contributed by atoms with E-state index < -0.39 is 13.0 Å². The zero-order chi connectivity index (χ0) is 9.57. The fourth-order valence-corrected chi connectivity index (χ4v) is 0.936. The summed E-state index contributed by atoms with van der Waals surface area (Å²) in [6.07, 6.45) is 0.590. The lowest BCUT2D eigenvalue weighted by Gasteiger charge is -2.24. The highest BCUT2D eigenvalue weighted by Gasteiger charge is 2.12. The Balaban J connectivity index is 2.78. The van der Waals surface area contributed by atoms with E-state index in [1.165, 1.54) is 0 Å². The molecule has 0 saturated carbocycles. The van der Waals surface area contributed by atoms with Crippen LogP contribution in [0.3, 0.4) is 0 Å². The van der Waals surface area contributed by atoms with Crippen molar-refractivity contribution in [2.24, 2.45) is 11.8 Å². The SMILES string of the molecule is [2H]C1([2H])NC([2H])([2H])[C@@H](C)C[C@H]1C. The normalized spacial score (nSPS) is 59.8. The molecule has 48 valence electrons. The predicted molar refractivity (Wildman–Crippen MR) is 35.8 cm³/mol. The molecule has 1 aliphatic heterocycles. The van der Waals surface area contributed by atoms with Crippen molar-refractivity contribution in [3.8, 4) is 0 Å². The Morgan fingerprint density at radius 1 is 1.38 bits per heavy atom. The summed E-state index contributed by atoms with van der Waals surface area (Å²) in [6, 6.07) is 0. The van der Waals surface area contributed by atoms with Gasteiger partial charge in [-0.05, 0) is 31.3 Å². The number of hydrogen-bond acceptors (Lipinski definition) is 1. The van der Waals surface area contributed by atoms with E-state index in [1.54, 1.807) is 13.8 Å². The molecule has 8 heavy (non-hydrogen) atoms. The fourth-order valence-electron chi connectivity index (χ4n) is 0.936. The van der Waals surface area contributed by atoms with E-state index in [-0.39, 0.29) is 11.8 Å². The highest BCUT2D eigenvalue weighted by Crippen LogP contribution is 2.13. The van der Waals surface area contributed by atoms with Gasteiger partial charge in [-0.15, -0.1) is 0 Å². The van der Waals surface area contributed by atoms with Crippen LogP contribution in [-0.4, -0.2) is 13.0 Å². The molecule has 1 heterocycles. The first-order valence-corrected chi connectivity index (χ1v) is 3.05. The van der Waals surface area contributed by atoms with E-state index in [0.717, 1.165) is 0 Å². The summed E-state index contributed by atoms with van der Waals surface area (Å²) in [5.41, 5.74) is 0. The standard InChI is InChI=1S/C7H15N/c1-6-3-7(2)5-8-4-6/h6-8H,3-5H2,1-2H3/t6-,7+/i4D2,5D2. The molecule has 0 radical (unpaired) electrons. The first-order valence-electron chi connectivity index (χ1n) is 5.05. The van der Waals surface area contributed by atoms with Crippen LogP contribution in [0.5, 0.6) is 0 Å². The first-order chi connectivity index (χ1) is 5.26. The van der Waals surface area contributed by atoms with Gasteiger partial charge in [0.15, 0.2) is 0 Å². The first kappa shape index (κ1) is 2.70. The molecule has 0 bridgehead atoms. The molecule has 1 saturated heterocycles. The Bertz CT molecular complexity index is 162. The molecule has 1 N–H and O–H groups in total. The zero-order valence-corrected chi connectivity index (χ0v) is 5.36. The lowest BCUT2D eigenvalue weighted by atomic mass is 9.94. The van der Waals surface area contributed by atoms with Gasteiger partial charge < -0.3 is 5.32 Å². The molecule has 0 aliphatic carbocycles. The van der Waals surface area contributed by atoms with Gasteiger partial charge in [0.25, 0.3) is 0 Å². The molecular formula is C7H15N. The maximum atomic E-state index is 7.49. The van der Waals surface area contributed by atoms with Gasteiger partial charge in [0, 0.05) is 5.48 Å². The van der Waals surface area contributed by atoms with Gasteiger partial charge in [-0.1, -0.05) is 13.8 Å². The molecule has 2 atom stereocenters. The van der Waals surface area contributed by atoms with E-state index >= 15 is 0 Å². The largest absolute Gasteiger partial charge is 0.316 e. The maximum absolute atomic E-state index is 7.49. The van der Waals surface area contributed by atoms with Crippen molar-refractivity contribution in [2.45, 2.75) is 20.3 Å². The summed E-state index contributed by atoms with van der Waals surface area (Å²) in [5.74, 6) is -0.257. The third-order valence-corrected chi connectivity index (χ3v) is 1.34. The van der Waals surface area contributed by atoms with Gasteiger partial charge >= 0.3 is 0 Å². The predicted octanol–water partition coefficient (Wildman–Crippen LogP) is 1.25.